The van der Waals surface area contributed by atoms with E-state index in [9.17, 15) is 9.59 Å². The summed E-state index contributed by atoms with van der Waals surface area (Å²) in [6.07, 6.45) is 3.29. The van der Waals surface area contributed by atoms with Gasteiger partial charge in [0, 0.05) is 43.9 Å². The summed E-state index contributed by atoms with van der Waals surface area (Å²) in [5.74, 6) is 1.13. The topological polar surface area (TPSA) is 71.1 Å². The molecule has 3 rings (SSSR count). The molecule has 1 saturated heterocycles. The van der Waals surface area contributed by atoms with E-state index < -0.39 is 0 Å². The van der Waals surface area contributed by atoms with Crippen LogP contribution in [0.15, 0.2) is 48.5 Å². The minimum absolute atomic E-state index is 0.0713. The normalized spacial score (nSPS) is 14.5. The van der Waals surface area contributed by atoms with Crippen molar-refractivity contribution in [2.75, 3.05) is 52.3 Å². The van der Waals surface area contributed by atoms with E-state index >= 15 is 0 Å². The highest BCUT2D eigenvalue weighted by molar-refractivity contribution is 6.33. The number of carbonyl (C=O) groups is 2. The number of para-hydroxylation sites is 1. The highest BCUT2D eigenvalue weighted by Crippen LogP contribution is 2.25. The molecule has 0 aliphatic carbocycles. The van der Waals surface area contributed by atoms with Crippen molar-refractivity contribution in [3.63, 3.8) is 0 Å². The lowest BCUT2D eigenvalue weighted by molar-refractivity contribution is -0.127. The molecule has 0 radical (unpaired) electrons. The molecule has 1 N–H and O–H groups in total. The van der Waals surface area contributed by atoms with Gasteiger partial charge in [-0.3, -0.25) is 14.5 Å². The van der Waals surface area contributed by atoms with Crippen LogP contribution in [-0.2, 0) is 9.59 Å². The number of carbonyl (C=O) groups excluding carboxylic acids is 2. The standard InChI is InChI=1S/C23H26ClN3O4/c1-30-18-9-7-17(21(15-18)31-2)8-10-23(29)27-13-11-26(12-14-27)16-22(28)25-20-6-4-3-5-19(20)24/h3-10,15H,11-14,16H2,1-2H3,(H,25,28). The second kappa shape index (κ2) is 10.8. The van der Waals surface area contributed by atoms with Crippen LogP contribution in [0.1, 0.15) is 5.56 Å². The number of amides is 2. The van der Waals surface area contributed by atoms with Crippen LogP contribution in [0.4, 0.5) is 5.69 Å². The van der Waals surface area contributed by atoms with Crippen LogP contribution in [0.25, 0.3) is 6.08 Å². The number of methoxy groups -OCH3 is 2. The van der Waals surface area contributed by atoms with Crippen LogP contribution in [-0.4, -0.2) is 68.6 Å². The largest absolute Gasteiger partial charge is 0.497 e. The maximum Gasteiger partial charge on any atom is 0.246 e. The van der Waals surface area contributed by atoms with Crippen molar-refractivity contribution in [1.29, 1.82) is 0 Å². The third kappa shape index (κ3) is 6.23. The average molecular weight is 444 g/mol. The van der Waals surface area contributed by atoms with Crippen molar-refractivity contribution in [3.05, 3.63) is 59.1 Å². The molecular formula is C23H26ClN3O4. The molecule has 2 aromatic rings. The van der Waals surface area contributed by atoms with Gasteiger partial charge in [-0.15, -0.1) is 0 Å². The number of piperazine rings is 1. The van der Waals surface area contributed by atoms with Gasteiger partial charge in [-0.1, -0.05) is 23.7 Å². The molecule has 1 heterocycles. The zero-order valence-corrected chi connectivity index (χ0v) is 18.4. The summed E-state index contributed by atoms with van der Waals surface area (Å²) < 4.78 is 10.5. The van der Waals surface area contributed by atoms with Gasteiger partial charge in [0.05, 0.1) is 31.5 Å². The highest BCUT2D eigenvalue weighted by Gasteiger charge is 2.21. The van der Waals surface area contributed by atoms with Crippen LogP contribution >= 0.6 is 11.6 Å². The zero-order valence-electron chi connectivity index (χ0n) is 17.6. The molecule has 31 heavy (non-hydrogen) atoms. The Morgan fingerprint density at radius 3 is 2.48 bits per heavy atom. The minimum Gasteiger partial charge on any atom is -0.497 e. The maximum absolute atomic E-state index is 12.6. The quantitative estimate of drug-likeness (QED) is 0.665. The van der Waals surface area contributed by atoms with Crippen molar-refractivity contribution < 1.29 is 19.1 Å². The summed E-state index contributed by atoms with van der Waals surface area (Å²) >= 11 is 6.08. The lowest BCUT2D eigenvalue weighted by atomic mass is 10.1. The summed E-state index contributed by atoms with van der Waals surface area (Å²) in [4.78, 5) is 28.6. The number of nitrogens with one attached hydrogen (secondary N) is 1. The molecule has 1 aliphatic rings. The van der Waals surface area contributed by atoms with Gasteiger partial charge in [-0.05, 0) is 30.3 Å². The first-order valence-electron chi connectivity index (χ1n) is 9.96. The van der Waals surface area contributed by atoms with Crippen LogP contribution in [0, 0.1) is 0 Å². The molecule has 0 spiro atoms. The number of benzene rings is 2. The Hall–Kier alpha value is -3.03. The van der Waals surface area contributed by atoms with Crippen molar-refractivity contribution in [3.8, 4) is 11.5 Å². The summed E-state index contributed by atoms with van der Waals surface area (Å²) in [6.45, 7) is 2.62. The van der Waals surface area contributed by atoms with Crippen LogP contribution in [0.5, 0.6) is 11.5 Å². The fourth-order valence-corrected chi connectivity index (χ4v) is 3.49. The SMILES string of the molecule is COc1ccc(C=CC(=O)N2CCN(CC(=O)Nc3ccccc3Cl)CC2)c(OC)c1. The van der Waals surface area contributed by atoms with Crippen LogP contribution < -0.4 is 14.8 Å². The van der Waals surface area contributed by atoms with E-state index in [2.05, 4.69) is 5.32 Å². The van der Waals surface area contributed by atoms with E-state index in [0.29, 0.717) is 48.4 Å². The second-order valence-electron chi connectivity index (χ2n) is 7.07. The van der Waals surface area contributed by atoms with E-state index in [-0.39, 0.29) is 18.4 Å². The molecular weight excluding hydrogens is 418 g/mol. The van der Waals surface area contributed by atoms with E-state index in [1.165, 1.54) is 0 Å². The number of hydrogen-bond donors (Lipinski definition) is 1. The van der Waals surface area contributed by atoms with Gasteiger partial charge in [0.25, 0.3) is 0 Å². The van der Waals surface area contributed by atoms with E-state index in [4.69, 9.17) is 21.1 Å². The Labute approximate surface area is 187 Å². The van der Waals surface area contributed by atoms with Crippen molar-refractivity contribution in [2.24, 2.45) is 0 Å². The Morgan fingerprint density at radius 2 is 1.81 bits per heavy atom. The van der Waals surface area contributed by atoms with Crippen molar-refractivity contribution in [1.82, 2.24) is 9.80 Å². The molecule has 0 aromatic heterocycles. The number of halogens is 1. The first-order valence-corrected chi connectivity index (χ1v) is 10.3. The van der Waals surface area contributed by atoms with Crippen molar-refractivity contribution >= 4 is 35.2 Å². The lowest BCUT2D eigenvalue weighted by Crippen LogP contribution is -2.50. The minimum atomic E-state index is -0.126. The van der Waals surface area contributed by atoms with Gasteiger partial charge < -0.3 is 19.7 Å². The first kappa shape index (κ1) is 22.7. The Morgan fingerprint density at radius 1 is 1.06 bits per heavy atom. The molecule has 0 atom stereocenters. The zero-order chi connectivity index (χ0) is 22.2. The molecule has 164 valence electrons. The predicted octanol–water partition coefficient (Wildman–Crippen LogP) is 3.15. The monoisotopic (exact) mass is 443 g/mol. The Bertz CT molecular complexity index is 956. The maximum atomic E-state index is 12.6. The molecule has 7 nitrogen and oxygen atoms in total. The molecule has 0 saturated carbocycles. The van der Waals surface area contributed by atoms with Gasteiger partial charge in [0.1, 0.15) is 11.5 Å². The van der Waals surface area contributed by atoms with E-state index in [0.717, 1.165) is 5.56 Å². The molecule has 0 unspecified atom stereocenters. The fourth-order valence-electron chi connectivity index (χ4n) is 3.30. The molecule has 2 aromatic carbocycles. The van der Waals surface area contributed by atoms with Gasteiger partial charge in [0.2, 0.25) is 11.8 Å². The third-order valence-corrected chi connectivity index (χ3v) is 5.37. The highest BCUT2D eigenvalue weighted by atomic mass is 35.5. The first-order chi connectivity index (χ1) is 15.0. The molecule has 1 aliphatic heterocycles. The Kier molecular flexibility index (Phi) is 7.92. The van der Waals surface area contributed by atoms with E-state index in [1.807, 2.05) is 29.2 Å². The molecule has 8 heteroatoms. The molecule has 2 amide bonds. The van der Waals surface area contributed by atoms with Gasteiger partial charge in [0.15, 0.2) is 0 Å². The van der Waals surface area contributed by atoms with Crippen LogP contribution in [0.2, 0.25) is 5.02 Å². The van der Waals surface area contributed by atoms with Gasteiger partial charge >= 0.3 is 0 Å². The third-order valence-electron chi connectivity index (χ3n) is 5.05. The second-order valence-corrected chi connectivity index (χ2v) is 7.48. The number of anilines is 1. The summed E-state index contributed by atoms with van der Waals surface area (Å²) in [5, 5.41) is 3.33. The number of nitrogens with zero attached hydrogens (tertiary/aromatic N) is 2. The summed E-state index contributed by atoms with van der Waals surface area (Å²) in [5.41, 5.74) is 1.40. The predicted molar refractivity (Wildman–Crippen MR) is 122 cm³/mol. The number of ether oxygens (including phenoxy) is 2. The summed E-state index contributed by atoms with van der Waals surface area (Å²) in [6, 6.07) is 12.6. The number of rotatable bonds is 7. The van der Waals surface area contributed by atoms with Crippen molar-refractivity contribution in [2.45, 2.75) is 0 Å². The van der Waals surface area contributed by atoms with Crippen LogP contribution in [0.3, 0.4) is 0 Å². The van der Waals surface area contributed by atoms with E-state index in [1.54, 1.807) is 49.5 Å². The average Bonchev–Trinajstić information content (AvgIpc) is 2.79. The van der Waals surface area contributed by atoms with Gasteiger partial charge in [-0.2, -0.15) is 0 Å². The smallest absolute Gasteiger partial charge is 0.246 e. The summed E-state index contributed by atoms with van der Waals surface area (Å²) in [7, 11) is 3.17. The molecule has 1 fully saturated rings. The Balaban J connectivity index is 1.49. The van der Waals surface area contributed by atoms with Gasteiger partial charge in [-0.25, -0.2) is 0 Å². The number of hydrogen-bond acceptors (Lipinski definition) is 5. The lowest BCUT2D eigenvalue weighted by Gasteiger charge is -2.33. The molecule has 0 bridgehead atoms. The fraction of sp³-hybridized carbons (Fsp3) is 0.304.